The summed E-state index contributed by atoms with van der Waals surface area (Å²) in [6.45, 7) is 1.87. The molecule has 2 rings (SSSR count). The molecular formula is C12H20N6O. The van der Waals surface area contributed by atoms with Crippen molar-refractivity contribution in [2.45, 2.75) is 18.9 Å². The van der Waals surface area contributed by atoms with E-state index in [2.05, 4.69) is 39.2 Å². The Morgan fingerprint density at radius 3 is 3.11 bits per heavy atom. The molecule has 1 aliphatic heterocycles. The number of likely N-dealkylation sites (N-methyl/N-ethyl adjacent to an activating group) is 1. The summed E-state index contributed by atoms with van der Waals surface area (Å²) in [5, 5.41) is 20.0. The second kappa shape index (κ2) is 5.83. The maximum atomic E-state index is 8.85. The van der Waals surface area contributed by atoms with Gasteiger partial charge in [0.25, 0.3) is 0 Å². The number of hydrogen-bond donors (Lipinski definition) is 2. The van der Waals surface area contributed by atoms with E-state index in [4.69, 9.17) is 10.9 Å². The first-order valence-electron chi connectivity index (χ1n) is 6.34. The van der Waals surface area contributed by atoms with Gasteiger partial charge in [0.15, 0.2) is 11.7 Å². The minimum atomic E-state index is 0.0698. The van der Waals surface area contributed by atoms with E-state index in [-0.39, 0.29) is 5.84 Å². The molecule has 1 fully saturated rings. The van der Waals surface area contributed by atoms with Gasteiger partial charge in [-0.1, -0.05) is 5.16 Å². The molecule has 0 spiro atoms. The van der Waals surface area contributed by atoms with Crippen LogP contribution in [0.25, 0.3) is 0 Å². The zero-order valence-electron chi connectivity index (χ0n) is 11.3. The first-order valence-corrected chi connectivity index (χ1v) is 6.34. The van der Waals surface area contributed by atoms with Gasteiger partial charge >= 0.3 is 0 Å². The number of aromatic nitrogens is 2. The van der Waals surface area contributed by atoms with Crippen LogP contribution >= 0.6 is 0 Å². The molecule has 0 saturated carbocycles. The largest absolute Gasteiger partial charge is 0.409 e. The molecule has 3 N–H and O–H groups in total. The predicted molar refractivity (Wildman–Crippen MR) is 73.5 cm³/mol. The van der Waals surface area contributed by atoms with E-state index in [0.29, 0.717) is 17.4 Å². The van der Waals surface area contributed by atoms with Crippen LogP contribution in [0.5, 0.6) is 0 Å². The Labute approximate surface area is 112 Å². The highest BCUT2D eigenvalue weighted by Crippen LogP contribution is 2.26. The molecule has 1 aromatic rings. The van der Waals surface area contributed by atoms with Crippen molar-refractivity contribution in [3.63, 3.8) is 0 Å². The average Bonchev–Trinajstić information content (AvgIpc) is 2.85. The average molecular weight is 264 g/mol. The predicted octanol–water partition coefficient (Wildman–Crippen LogP) is 0.102. The van der Waals surface area contributed by atoms with Crippen LogP contribution in [0.15, 0.2) is 17.4 Å². The Bertz CT molecular complexity index is 461. The highest BCUT2D eigenvalue weighted by atomic mass is 16.4. The molecule has 1 aliphatic rings. The lowest BCUT2D eigenvalue weighted by Gasteiger charge is -2.28. The van der Waals surface area contributed by atoms with Gasteiger partial charge in [0.2, 0.25) is 0 Å². The normalized spacial score (nSPS) is 20.3. The van der Waals surface area contributed by atoms with Crippen LogP contribution < -0.4 is 10.6 Å². The van der Waals surface area contributed by atoms with Crippen molar-refractivity contribution in [3.8, 4) is 0 Å². The SMILES string of the molecule is CN(C)CC1CCCN1c1nnccc1/C(N)=N/O. The molecule has 0 radical (unpaired) electrons. The standard InChI is InChI=1S/C12H20N6O/c1-17(2)8-9-4-3-7-18(9)12-10(11(13)16-19)5-6-14-15-12/h5-6,9,19H,3-4,7-8H2,1-2H3,(H2,13,16). The van der Waals surface area contributed by atoms with Gasteiger partial charge < -0.3 is 20.7 Å². The topological polar surface area (TPSA) is 90.9 Å². The second-order valence-corrected chi connectivity index (χ2v) is 5.01. The number of oxime groups is 1. The summed E-state index contributed by atoms with van der Waals surface area (Å²) in [6, 6.07) is 2.11. The fraction of sp³-hybridized carbons (Fsp3) is 0.583. The van der Waals surface area contributed by atoms with Gasteiger partial charge in [-0.2, -0.15) is 5.10 Å². The molecule has 0 amide bonds. The number of amidine groups is 1. The first-order chi connectivity index (χ1) is 9.13. The van der Waals surface area contributed by atoms with Gasteiger partial charge in [0, 0.05) is 19.1 Å². The van der Waals surface area contributed by atoms with Crippen LogP contribution in [0.2, 0.25) is 0 Å². The third-order valence-electron chi connectivity index (χ3n) is 3.31. The molecule has 2 heterocycles. The summed E-state index contributed by atoms with van der Waals surface area (Å²) in [4.78, 5) is 4.35. The van der Waals surface area contributed by atoms with E-state index in [1.807, 2.05) is 0 Å². The van der Waals surface area contributed by atoms with Crippen molar-refractivity contribution < 1.29 is 5.21 Å². The molecule has 0 aromatic carbocycles. The van der Waals surface area contributed by atoms with Crippen LogP contribution in [-0.2, 0) is 0 Å². The summed E-state index contributed by atoms with van der Waals surface area (Å²) in [6.07, 6.45) is 3.78. The van der Waals surface area contributed by atoms with Crippen molar-refractivity contribution in [2.75, 3.05) is 32.1 Å². The van der Waals surface area contributed by atoms with E-state index < -0.39 is 0 Å². The molecule has 1 unspecified atom stereocenters. The van der Waals surface area contributed by atoms with E-state index in [1.54, 1.807) is 12.3 Å². The van der Waals surface area contributed by atoms with Crippen molar-refractivity contribution in [1.29, 1.82) is 0 Å². The highest BCUT2D eigenvalue weighted by Gasteiger charge is 2.28. The zero-order chi connectivity index (χ0) is 13.8. The lowest BCUT2D eigenvalue weighted by atomic mass is 10.2. The van der Waals surface area contributed by atoms with Crippen LogP contribution in [0.4, 0.5) is 5.82 Å². The van der Waals surface area contributed by atoms with Crippen LogP contribution in [0.3, 0.4) is 0 Å². The fourth-order valence-corrected chi connectivity index (χ4v) is 2.52. The van der Waals surface area contributed by atoms with Gasteiger partial charge in [-0.3, -0.25) is 0 Å². The minimum Gasteiger partial charge on any atom is -0.409 e. The number of rotatable bonds is 4. The maximum Gasteiger partial charge on any atom is 0.173 e. The summed E-state index contributed by atoms with van der Waals surface area (Å²) in [5.41, 5.74) is 6.33. The molecular weight excluding hydrogens is 244 g/mol. The molecule has 0 aliphatic carbocycles. The Hall–Kier alpha value is -1.89. The van der Waals surface area contributed by atoms with Crippen molar-refractivity contribution in [2.24, 2.45) is 10.9 Å². The summed E-state index contributed by atoms with van der Waals surface area (Å²) < 4.78 is 0. The lowest BCUT2D eigenvalue weighted by Crippen LogP contribution is -2.39. The van der Waals surface area contributed by atoms with Gasteiger partial charge in [0.1, 0.15) is 0 Å². The summed E-state index contributed by atoms with van der Waals surface area (Å²) in [5.74, 6) is 0.766. The maximum absolute atomic E-state index is 8.85. The summed E-state index contributed by atoms with van der Waals surface area (Å²) in [7, 11) is 4.11. The van der Waals surface area contributed by atoms with Gasteiger partial charge in [-0.15, -0.1) is 5.10 Å². The molecule has 7 nitrogen and oxygen atoms in total. The number of anilines is 1. The monoisotopic (exact) mass is 264 g/mol. The van der Waals surface area contributed by atoms with E-state index >= 15 is 0 Å². The molecule has 7 heteroatoms. The van der Waals surface area contributed by atoms with Crippen LogP contribution in [0, 0.1) is 0 Å². The van der Waals surface area contributed by atoms with E-state index in [9.17, 15) is 0 Å². The summed E-state index contributed by atoms with van der Waals surface area (Å²) >= 11 is 0. The smallest absolute Gasteiger partial charge is 0.173 e. The minimum absolute atomic E-state index is 0.0698. The number of nitrogens with zero attached hydrogens (tertiary/aromatic N) is 5. The molecule has 0 bridgehead atoms. The molecule has 104 valence electrons. The Morgan fingerprint density at radius 2 is 2.42 bits per heavy atom. The fourth-order valence-electron chi connectivity index (χ4n) is 2.52. The molecule has 1 aromatic heterocycles. The van der Waals surface area contributed by atoms with E-state index in [0.717, 1.165) is 25.9 Å². The van der Waals surface area contributed by atoms with E-state index in [1.165, 1.54) is 0 Å². The Balaban J connectivity index is 2.30. The number of nitrogens with two attached hydrogens (primary N) is 1. The molecule has 1 saturated heterocycles. The zero-order valence-corrected chi connectivity index (χ0v) is 11.3. The number of hydrogen-bond acceptors (Lipinski definition) is 6. The molecule has 19 heavy (non-hydrogen) atoms. The van der Waals surface area contributed by atoms with Crippen LogP contribution in [0.1, 0.15) is 18.4 Å². The highest BCUT2D eigenvalue weighted by molar-refractivity contribution is 6.01. The Kier molecular flexibility index (Phi) is 4.16. The van der Waals surface area contributed by atoms with Crippen molar-refractivity contribution in [1.82, 2.24) is 15.1 Å². The van der Waals surface area contributed by atoms with Crippen molar-refractivity contribution >= 4 is 11.7 Å². The van der Waals surface area contributed by atoms with Crippen LogP contribution in [-0.4, -0.2) is 59.4 Å². The van der Waals surface area contributed by atoms with Crippen molar-refractivity contribution in [3.05, 3.63) is 17.8 Å². The first kappa shape index (κ1) is 13.5. The third kappa shape index (κ3) is 2.93. The lowest BCUT2D eigenvalue weighted by molar-refractivity contribution is 0.318. The third-order valence-corrected chi connectivity index (χ3v) is 3.31. The second-order valence-electron chi connectivity index (χ2n) is 5.01. The quantitative estimate of drug-likeness (QED) is 0.347. The molecule has 1 atom stereocenters. The van der Waals surface area contributed by atoms with Gasteiger partial charge in [-0.05, 0) is 33.0 Å². The van der Waals surface area contributed by atoms with Gasteiger partial charge in [0.05, 0.1) is 11.8 Å². The Morgan fingerprint density at radius 1 is 1.63 bits per heavy atom. The van der Waals surface area contributed by atoms with Gasteiger partial charge in [-0.25, -0.2) is 0 Å².